The van der Waals surface area contributed by atoms with Crippen molar-refractivity contribution in [3.63, 3.8) is 0 Å². The Morgan fingerprint density at radius 3 is 2.24 bits per heavy atom. The highest BCUT2D eigenvalue weighted by atomic mass is 35.5. The molecule has 0 aromatic heterocycles. The van der Waals surface area contributed by atoms with Crippen molar-refractivity contribution in [1.29, 1.82) is 5.26 Å². The number of nitrogens with zero attached hydrogens (tertiary/aromatic N) is 5. The van der Waals surface area contributed by atoms with Crippen LogP contribution in [0.2, 0.25) is 5.02 Å². The van der Waals surface area contributed by atoms with E-state index in [4.69, 9.17) is 16.3 Å². The number of methoxy groups -OCH3 is 1. The van der Waals surface area contributed by atoms with Crippen molar-refractivity contribution in [2.45, 2.75) is 12.8 Å². The van der Waals surface area contributed by atoms with Gasteiger partial charge in [-0.25, -0.2) is 4.79 Å². The summed E-state index contributed by atoms with van der Waals surface area (Å²) in [6.45, 7) is 4.72. The Morgan fingerprint density at radius 2 is 1.57 bits per heavy atom. The second-order valence-electron chi connectivity index (χ2n) is 10.1. The molecule has 1 amide bonds. The fourth-order valence-electron chi connectivity index (χ4n) is 5.16. The number of nitriles is 1. The van der Waals surface area contributed by atoms with Crippen LogP contribution in [0, 0.1) is 11.5 Å². The summed E-state index contributed by atoms with van der Waals surface area (Å²) >= 11 is 6.37. The molecule has 2 fully saturated rings. The van der Waals surface area contributed by atoms with E-state index in [0.29, 0.717) is 54.0 Å². The van der Waals surface area contributed by atoms with Crippen molar-refractivity contribution < 1.29 is 14.3 Å². The first-order valence-electron chi connectivity index (χ1n) is 13.8. The number of hydrogen-bond donors (Lipinski definition) is 2. The van der Waals surface area contributed by atoms with E-state index in [1.54, 1.807) is 12.1 Å². The quantitative estimate of drug-likeness (QED) is 0.179. The van der Waals surface area contributed by atoms with Gasteiger partial charge in [0.2, 0.25) is 12.2 Å². The standard InChI is InChI=1S/C31H32ClN7O3/c1-42-30(41)23-7-12-28(27(32)20-23)36-31(34-21-33)39-17-15-38(16-18-39)25-10-8-24(9-11-25)35-29(40)22-5-4-6-26(19-22)37-13-2-3-14-37/h4-12,19-20H,2-3,13-18H2,1H3,(H,34,36)(H,35,40). The molecule has 10 nitrogen and oxygen atoms in total. The molecule has 11 heteroatoms. The van der Waals surface area contributed by atoms with E-state index in [2.05, 4.69) is 31.5 Å². The third-order valence-electron chi connectivity index (χ3n) is 7.44. The Balaban J connectivity index is 1.17. The van der Waals surface area contributed by atoms with Gasteiger partial charge in [0.25, 0.3) is 5.91 Å². The number of aliphatic imine (C=N–C) groups is 1. The molecule has 2 N–H and O–H groups in total. The number of anilines is 4. The number of carbonyl (C=O) groups excluding carboxylic acids is 2. The zero-order valence-electron chi connectivity index (χ0n) is 23.3. The van der Waals surface area contributed by atoms with E-state index in [0.717, 1.165) is 30.2 Å². The molecule has 0 bridgehead atoms. The monoisotopic (exact) mass is 585 g/mol. The van der Waals surface area contributed by atoms with Crippen LogP contribution < -0.4 is 20.4 Å². The number of amides is 1. The third kappa shape index (κ3) is 6.75. The summed E-state index contributed by atoms with van der Waals surface area (Å²) in [6.07, 6.45) is 4.23. The van der Waals surface area contributed by atoms with Crippen molar-refractivity contribution in [3.8, 4) is 6.19 Å². The summed E-state index contributed by atoms with van der Waals surface area (Å²) in [4.78, 5) is 35.2. The highest BCUT2D eigenvalue weighted by molar-refractivity contribution is 6.34. The van der Waals surface area contributed by atoms with E-state index in [1.165, 1.54) is 26.0 Å². The van der Waals surface area contributed by atoms with Gasteiger partial charge in [0, 0.05) is 61.9 Å². The fraction of sp³-hybridized carbons (Fsp3) is 0.290. The second-order valence-corrected chi connectivity index (χ2v) is 10.5. The normalized spacial score (nSPS) is 15.3. The van der Waals surface area contributed by atoms with Crippen LogP contribution in [0.3, 0.4) is 0 Å². The van der Waals surface area contributed by atoms with Crippen LogP contribution in [0.4, 0.5) is 22.7 Å². The molecule has 3 aromatic carbocycles. The lowest BCUT2D eigenvalue weighted by molar-refractivity contribution is 0.0600. The van der Waals surface area contributed by atoms with E-state index in [-0.39, 0.29) is 5.91 Å². The van der Waals surface area contributed by atoms with Crippen molar-refractivity contribution in [2.24, 2.45) is 4.99 Å². The van der Waals surface area contributed by atoms with Crippen LogP contribution in [0.25, 0.3) is 0 Å². The van der Waals surface area contributed by atoms with Crippen molar-refractivity contribution in [2.75, 3.05) is 66.8 Å². The molecule has 216 valence electrons. The molecular formula is C31H32ClN7O3. The molecule has 0 atom stereocenters. The van der Waals surface area contributed by atoms with Gasteiger partial charge in [-0.2, -0.15) is 5.26 Å². The number of guanidine groups is 1. The topological polar surface area (TPSA) is 113 Å². The summed E-state index contributed by atoms with van der Waals surface area (Å²) in [5.41, 5.74) is 4.36. The minimum atomic E-state index is -0.483. The molecule has 0 aliphatic carbocycles. The number of esters is 1. The zero-order chi connectivity index (χ0) is 29.5. The maximum absolute atomic E-state index is 12.9. The fourth-order valence-corrected chi connectivity index (χ4v) is 5.39. The van der Waals surface area contributed by atoms with Gasteiger partial charge in [0.15, 0.2) is 0 Å². The molecule has 0 radical (unpaired) electrons. The molecule has 2 heterocycles. The van der Waals surface area contributed by atoms with Crippen LogP contribution in [0.5, 0.6) is 0 Å². The second kappa shape index (κ2) is 13.3. The summed E-state index contributed by atoms with van der Waals surface area (Å²) in [5, 5.41) is 15.7. The van der Waals surface area contributed by atoms with Crippen LogP contribution in [-0.2, 0) is 4.74 Å². The smallest absolute Gasteiger partial charge is 0.337 e. The van der Waals surface area contributed by atoms with E-state index < -0.39 is 5.97 Å². The largest absolute Gasteiger partial charge is 0.465 e. The van der Waals surface area contributed by atoms with Gasteiger partial charge in [-0.15, -0.1) is 4.99 Å². The average Bonchev–Trinajstić information content (AvgIpc) is 3.57. The number of rotatable bonds is 6. The number of halogens is 1. The minimum absolute atomic E-state index is 0.130. The summed E-state index contributed by atoms with van der Waals surface area (Å²) in [7, 11) is 1.31. The molecule has 42 heavy (non-hydrogen) atoms. The Bertz CT molecular complexity index is 1510. The molecule has 0 spiro atoms. The molecule has 2 saturated heterocycles. The van der Waals surface area contributed by atoms with Crippen molar-refractivity contribution >= 4 is 52.2 Å². The Hall–Kier alpha value is -4.75. The SMILES string of the molecule is COC(=O)c1ccc(N/C(=N/C#N)N2CCN(c3ccc(NC(=O)c4cccc(N5CCCC5)c4)cc3)CC2)c(Cl)c1. The summed E-state index contributed by atoms with van der Waals surface area (Å²) < 4.78 is 4.74. The minimum Gasteiger partial charge on any atom is -0.465 e. The Kier molecular flexibility index (Phi) is 9.09. The van der Waals surface area contributed by atoms with Gasteiger partial charge >= 0.3 is 5.97 Å². The van der Waals surface area contributed by atoms with Crippen molar-refractivity contribution in [3.05, 3.63) is 82.9 Å². The first-order valence-corrected chi connectivity index (χ1v) is 14.2. The summed E-state index contributed by atoms with van der Waals surface area (Å²) in [6, 6.07) is 20.4. The zero-order valence-corrected chi connectivity index (χ0v) is 24.1. The van der Waals surface area contributed by atoms with Gasteiger partial charge in [-0.3, -0.25) is 4.79 Å². The van der Waals surface area contributed by atoms with E-state index in [9.17, 15) is 14.9 Å². The number of carbonyl (C=O) groups is 2. The molecule has 3 aromatic rings. The lowest BCUT2D eigenvalue weighted by Crippen LogP contribution is -2.50. The number of nitrogens with one attached hydrogen (secondary N) is 2. The Morgan fingerprint density at radius 1 is 0.857 bits per heavy atom. The maximum atomic E-state index is 12.9. The summed E-state index contributed by atoms with van der Waals surface area (Å²) in [5.74, 6) is -0.227. The molecule has 0 saturated carbocycles. The van der Waals surface area contributed by atoms with Crippen molar-refractivity contribution in [1.82, 2.24) is 4.90 Å². The molecule has 2 aliphatic heterocycles. The third-order valence-corrected chi connectivity index (χ3v) is 7.75. The number of ether oxygens (including phenoxy) is 1. The van der Waals surface area contributed by atoms with Gasteiger partial charge in [-0.1, -0.05) is 17.7 Å². The van der Waals surface area contributed by atoms with Crippen LogP contribution in [0.1, 0.15) is 33.6 Å². The average molecular weight is 586 g/mol. The highest BCUT2D eigenvalue weighted by Gasteiger charge is 2.22. The lowest BCUT2D eigenvalue weighted by atomic mass is 10.1. The predicted octanol–water partition coefficient (Wildman–Crippen LogP) is 5.05. The number of benzene rings is 3. The van der Waals surface area contributed by atoms with Gasteiger partial charge in [0.05, 0.1) is 23.4 Å². The van der Waals surface area contributed by atoms with Crippen LogP contribution >= 0.6 is 11.6 Å². The van der Waals surface area contributed by atoms with Gasteiger partial charge in [-0.05, 0) is 73.5 Å². The Labute approximate surface area is 250 Å². The highest BCUT2D eigenvalue weighted by Crippen LogP contribution is 2.26. The number of piperazine rings is 1. The molecular weight excluding hydrogens is 554 g/mol. The molecule has 2 aliphatic rings. The van der Waals surface area contributed by atoms with Gasteiger partial charge in [0.1, 0.15) is 0 Å². The first-order chi connectivity index (χ1) is 20.4. The maximum Gasteiger partial charge on any atom is 0.337 e. The van der Waals surface area contributed by atoms with Crippen LogP contribution in [-0.4, -0.2) is 69.1 Å². The van der Waals surface area contributed by atoms with Gasteiger partial charge < -0.3 is 30.1 Å². The van der Waals surface area contributed by atoms with Crippen LogP contribution in [0.15, 0.2) is 71.7 Å². The predicted molar refractivity (Wildman–Crippen MR) is 166 cm³/mol. The molecule has 5 rings (SSSR count). The van der Waals surface area contributed by atoms with E-state index in [1.807, 2.05) is 53.6 Å². The first kappa shape index (κ1) is 28.8. The number of hydrogen-bond acceptors (Lipinski definition) is 7. The van der Waals surface area contributed by atoms with E-state index >= 15 is 0 Å². The molecule has 0 unspecified atom stereocenters. The lowest BCUT2D eigenvalue weighted by Gasteiger charge is -2.37.